The van der Waals surface area contributed by atoms with Crippen molar-refractivity contribution >= 4 is 27.4 Å². The van der Waals surface area contributed by atoms with Crippen LogP contribution in [-0.2, 0) is 6.18 Å². The van der Waals surface area contributed by atoms with E-state index in [1.807, 2.05) is 18.3 Å². The van der Waals surface area contributed by atoms with E-state index in [-0.39, 0.29) is 0 Å². The lowest BCUT2D eigenvalue weighted by Crippen LogP contribution is -2.39. The van der Waals surface area contributed by atoms with Gasteiger partial charge < -0.3 is 10.2 Å². The molecule has 0 amide bonds. The maximum atomic E-state index is 12.9. The van der Waals surface area contributed by atoms with Crippen molar-refractivity contribution in [1.29, 1.82) is 0 Å². The maximum Gasteiger partial charge on any atom is 0.416 e. The van der Waals surface area contributed by atoms with E-state index in [1.165, 1.54) is 37.8 Å². The number of piperidine rings is 1. The van der Waals surface area contributed by atoms with E-state index >= 15 is 0 Å². The SMILES string of the molecule is FC(F)(F)c1ccc(N2CCC[C@H](C[C@@H]3CCCC[C@H]3Nc3cc(Br)ccn3)C2)cc1. The molecule has 3 atom stereocenters. The van der Waals surface area contributed by atoms with Crippen LogP contribution in [0.2, 0.25) is 0 Å². The highest BCUT2D eigenvalue weighted by molar-refractivity contribution is 9.10. The van der Waals surface area contributed by atoms with Crippen LogP contribution in [0.4, 0.5) is 24.7 Å². The van der Waals surface area contributed by atoms with Crippen LogP contribution >= 0.6 is 15.9 Å². The number of hydrogen-bond acceptors (Lipinski definition) is 3. The molecule has 0 bridgehead atoms. The summed E-state index contributed by atoms with van der Waals surface area (Å²) in [5, 5.41) is 3.66. The lowest BCUT2D eigenvalue weighted by molar-refractivity contribution is -0.137. The van der Waals surface area contributed by atoms with Crippen molar-refractivity contribution in [3.63, 3.8) is 0 Å². The molecule has 1 saturated heterocycles. The summed E-state index contributed by atoms with van der Waals surface area (Å²) in [5.74, 6) is 2.09. The van der Waals surface area contributed by atoms with Crippen LogP contribution in [-0.4, -0.2) is 24.1 Å². The number of halogens is 4. The lowest BCUT2D eigenvalue weighted by atomic mass is 9.77. The minimum Gasteiger partial charge on any atom is -0.371 e. The molecule has 31 heavy (non-hydrogen) atoms. The number of pyridine rings is 1. The van der Waals surface area contributed by atoms with E-state index in [2.05, 4.69) is 31.1 Å². The van der Waals surface area contributed by atoms with Crippen LogP contribution in [0.3, 0.4) is 0 Å². The number of nitrogens with zero attached hydrogens (tertiary/aromatic N) is 2. The van der Waals surface area contributed by atoms with Gasteiger partial charge in [0.05, 0.1) is 5.56 Å². The molecule has 0 radical (unpaired) electrons. The fourth-order valence-electron chi connectivity index (χ4n) is 5.13. The van der Waals surface area contributed by atoms with E-state index in [9.17, 15) is 13.2 Å². The summed E-state index contributed by atoms with van der Waals surface area (Å²) < 4.78 is 39.6. The van der Waals surface area contributed by atoms with Gasteiger partial charge in [-0.2, -0.15) is 13.2 Å². The fraction of sp³-hybridized carbons (Fsp3) is 0.542. The highest BCUT2D eigenvalue weighted by atomic mass is 79.9. The summed E-state index contributed by atoms with van der Waals surface area (Å²) in [4.78, 5) is 6.72. The minimum atomic E-state index is -4.28. The van der Waals surface area contributed by atoms with Gasteiger partial charge in [0.15, 0.2) is 0 Å². The number of alkyl halides is 3. The zero-order valence-corrected chi connectivity index (χ0v) is 19.1. The molecule has 1 aromatic heterocycles. The van der Waals surface area contributed by atoms with E-state index in [0.29, 0.717) is 17.9 Å². The molecule has 0 unspecified atom stereocenters. The summed E-state index contributed by atoms with van der Waals surface area (Å²) in [7, 11) is 0. The van der Waals surface area contributed by atoms with Crippen LogP contribution in [0.1, 0.15) is 50.5 Å². The summed E-state index contributed by atoms with van der Waals surface area (Å²) in [6.45, 7) is 1.83. The fourth-order valence-corrected chi connectivity index (χ4v) is 5.47. The number of nitrogens with one attached hydrogen (secondary N) is 1. The Morgan fingerprint density at radius 1 is 1.03 bits per heavy atom. The predicted molar refractivity (Wildman–Crippen MR) is 122 cm³/mol. The monoisotopic (exact) mass is 495 g/mol. The molecule has 3 nitrogen and oxygen atoms in total. The second-order valence-electron chi connectivity index (χ2n) is 8.89. The molecule has 2 heterocycles. The van der Waals surface area contributed by atoms with Gasteiger partial charge in [-0.05, 0) is 80.3 Å². The van der Waals surface area contributed by atoms with Crippen molar-refractivity contribution in [1.82, 2.24) is 4.98 Å². The van der Waals surface area contributed by atoms with Crippen molar-refractivity contribution in [3.8, 4) is 0 Å². The number of hydrogen-bond donors (Lipinski definition) is 1. The van der Waals surface area contributed by atoms with E-state index in [4.69, 9.17) is 0 Å². The lowest BCUT2D eigenvalue weighted by Gasteiger charge is -2.39. The number of anilines is 2. The van der Waals surface area contributed by atoms with Gasteiger partial charge in [-0.25, -0.2) is 4.98 Å². The van der Waals surface area contributed by atoms with Crippen LogP contribution in [0.15, 0.2) is 47.1 Å². The molecule has 2 aliphatic rings. The molecule has 2 fully saturated rings. The zero-order valence-electron chi connectivity index (χ0n) is 17.5. The van der Waals surface area contributed by atoms with E-state index < -0.39 is 11.7 Å². The van der Waals surface area contributed by atoms with Crippen molar-refractivity contribution < 1.29 is 13.2 Å². The highest BCUT2D eigenvalue weighted by Crippen LogP contribution is 2.36. The normalized spacial score (nSPS) is 24.8. The molecule has 1 N–H and O–H groups in total. The summed E-state index contributed by atoms with van der Waals surface area (Å²) in [6.07, 6.45) is 5.86. The Kier molecular flexibility index (Phi) is 7.09. The highest BCUT2D eigenvalue weighted by Gasteiger charge is 2.32. The van der Waals surface area contributed by atoms with Crippen LogP contribution in [0.25, 0.3) is 0 Å². The first-order valence-corrected chi connectivity index (χ1v) is 12.0. The van der Waals surface area contributed by atoms with Crippen LogP contribution in [0.5, 0.6) is 0 Å². The van der Waals surface area contributed by atoms with Gasteiger partial charge in [-0.3, -0.25) is 0 Å². The summed E-state index contributed by atoms with van der Waals surface area (Å²) >= 11 is 3.52. The van der Waals surface area contributed by atoms with Gasteiger partial charge in [-0.1, -0.05) is 28.8 Å². The Hall–Kier alpha value is -1.76. The summed E-state index contributed by atoms with van der Waals surface area (Å²) in [6, 6.07) is 10.0. The topological polar surface area (TPSA) is 28.2 Å². The standard InChI is InChI=1S/C24H29BrF3N3/c25-20-11-12-29-23(15-20)30-22-6-2-1-5-18(22)14-17-4-3-13-31(16-17)21-9-7-19(8-10-21)24(26,27)28/h7-12,15,17-18,22H,1-6,13-14,16H2,(H,29,30)/t17-,18+,22-/m1/s1. The first-order chi connectivity index (χ1) is 14.9. The zero-order chi connectivity index (χ0) is 21.8. The minimum absolute atomic E-state index is 0.428. The number of benzene rings is 1. The molecule has 1 aliphatic carbocycles. The number of aromatic nitrogens is 1. The largest absolute Gasteiger partial charge is 0.416 e. The van der Waals surface area contributed by atoms with Gasteiger partial charge in [0, 0.05) is 35.5 Å². The smallest absolute Gasteiger partial charge is 0.371 e. The molecule has 1 saturated carbocycles. The van der Waals surface area contributed by atoms with Gasteiger partial charge in [0.2, 0.25) is 0 Å². The average Bonchev–Trinajstić information content (AvgIpc) is 2.75. The Morgan fingerprint density at radius 2 is 1.81 bits per heavy atom. The third-order valence-electron chi connectivity index (χ3n) is 6.68. The second kappa shape index (κ2) is 9.80. The molecule has 1 aliphatic heterocycles. The van der Waals surface area contributed by atoms with Gasteiger partial charge in [0.25, 0.3) is 0 Å². The molecule has 7 heteroatoms. The Bertz CT molecular complexity index is 856. The Morgan fingerprint density at radius 3 is 2.55 bits per heavy atom. The Labute approximate surface area is 190 Å². The average molecular weight is 496 g/mol. The first-order valence-electron chi connectivity index (χ1n) is 11.2. The molecule has 2 aromatic rings. The van der Waals surface area contributed by atoms with Crippen molar-refractivity contribution in [2.75, 3.05) is 23.3 Å². The predicted octanol–water partition coefficient (Wildman–Crippen LogP) is 7.14. The molecular weight excluding hydrogens is 467 g/mol. The number of rotatable bonds is 5. The second-order valence-corrected chi connectivity index (χ2v) is 9.80. The molecular formula is C24H29BrF3N3. The molecule has 4 rings (SSSR count). The van der Waals surface area contributed by atoms with Crippen molar-refractivity contribution in [2.24, 2.45) is 11.8 Å². The summed E-state index contributed by atoms with van der Waals surface area (Å²) in [5.41, 5.74) is 0.316. The van der Waals surface area contributed by atoms with Crippen LogP contribution in [0, 0.1) is 11.8 Å². The Balaban J connectivity index is 1.38. The van der Waals surface area contributed by atoms with Gasteiger partial charge in [0.1, 0.15) is 5.82 Å². The quantitative estimate of drug-likeness (QED) is 0.477. The van der Waals surface area contributed by atoms with E-state index in [0.717, 1.165) is 48.3 Å². The maximum absolute atomic E-state index is 12.9. The third kappa shape index (κ3) is 5.93. The van der Waals surface area contributed by atoms with Crippen molar-refractivity contribution in [3.05, 3.63) is 52.6 Å². The van der Waals surface area contributed by atoms with E-state index in [1.54, 1.807) is 12.1 Å². The molecule has 168 valence electrons. The van der Waals surface area contributed by atoms with Gasteiger partial charge >= 0.3 is 6.18 Å². The third-order valence-corrected chi connectivity index (χ3v) is 7.17. The molecule has 0 spiro atoms. The first kappa shape index (κ1) is 22.4. The molecule has 1 aromatic carbocycles. The van der Waals surface area contributed by atoms with Crippen LogP contribution < -0.4 is 10.2 Å². The van der Waals surface area contributed by atoms with Gasteiger partial charge in [-0.15, -0.1) is 0 Å². The van der Waals surface area contributed by atoms with Crippen molar-refractivity contribution in [2.45, 2.75) is 57.2 Å².